The predicted octanol–water partition coefficient (Wildman–Crippen LogP) is 3.43. The average molecular weight is 302 g/mol. The van der Waals surface area contributed by atoms with Gasteiger partial charge in [0.1, 0.15) is 0 Å². The maximum Gasteiger partial charge on any atom is 0.228 e. The summed E-state index contributed by atoms with van der Waals surface area (Å²) < 4.78 is 5.16. The summed E-state index contributed by atoms with van der Waals surface area (Å²) in [5.41, 5.74) is 0.611. The summed E-state index contributed by atoms with van der Waals surface area (Å²) in [6.45, 7) is 0.946. The molecule has 0 heterocycles. The van der Waals surface area contributed by atoms with Crippen LogP contribution in [-0.4, -0.2) is 19.6 Å². The van der Waals surface area contributed by atoms with E-state index in [4.69, 9.17) is 27.9 Å². The van der Waals surface area contributed by atoms with E-state index in [9.17, 15) is 4.79 Å². The first-order valence-corrected chi connectivity index (χ1v) is 7.04. The first-order valence-electron chi connectivity index (χ1n) is 6.28. The Morgan fingerprint density at radius 3 is 2.63 bits per heavy atom. The Kier molecular flexibility index (Phi) is 4.71. The number of rotatable bonds is 5. The maximum atomic E-state index is 12.2. The molecule has 0 radical (unpaired) electrons. The molecule has 104 valence electrons. The third kappa shape index (κ3) is 3.22. The smallest absolute Gasteiger partial charge is 0.228 e. The fraction of sp³-hybridized carbons (Fsp3) is 0.500. The zero-order chi connectivity index (χ0) is 13.9. The number of amides is 1. The molecule has 0 atom stereocenters. The average Bonchev–Trinajstić information content (AvgIpc) is 2.35. The van der Waals surface area contributed by atoms with Crippen LogP contribution >= 0.6 is 23.2 Å². The zero-order valence-corrected chi connectivity index (χ0v) is 12.4. The van der Waals surface area contributed by atoms with Crippen molar-refractivity contribution in [1.82, 2.24) is 5.32 Å². The van der Waals surface area contributed by atoms with Crippen LogP contribution in [0.1, 0.15) is 24.8 Å². The van der Waals surface area contributed by atoms with Crippen LogP contribution in [0.15, 0.2) is 18.2 Å². The van der Waals surface area contributed by atoms with Gasteiger partial charge in [0.2, 0.25) is 5.91 Å². The molecule has 1 aliphatic carbocycles. The van der Waals surface area contributed by atoms with Crippen LogP contribution in [0.25, 0.3) is 0 Å². The second-order valence-corrected chi connectivity index (χ2v) is 5.81. The lowest BCUT2D eigenvalue weighted by Gasteiger charge is -2.39. The van der Waals surface area contributed by atoms with Crippen molar-refractivity contribution >= 4 is 29.1 Å². The van der Waals surface area contributed by atoms with Gasteiger partial charge in [0, 0.05) is 13.7 Å². The topological polar surface area (TPSA) is 38.3 Å². The molecule has 5 heteroatoms. The first-order chi connectivity index (χ1) is 9.07. The van der Waals surface area contributed by atoms with Gasteiger partial charge in [-0.3, -0.25) is 4.79 Å². The minimum absolute atomic E-state index is 0.0617. The highest BCUT2D eigenvalue weighted by Crippen LogP contribution is 2.41. The molecule has 0 aliphatic heterocycles. The largest absolute Gasteiger partial charge is 0.384 e. The number of ether oxygens (including phenoxy) is 1. The van der Waals surface area contributed by atoms with Crippen LogP contribution in [0.4, 0.5) is 0 Å². The lowest BCUT2D eigenvalue weighted by atomic mass is 9.68. The van der Waals surface area contributed by atoms with Crippen molar-refractivity contribution in [1.29, 1.82) is 0 Å². The fourth-order valence-electron chi connectivity index (χ4n) is 2.34. The van der Waals surface area contributed by atoms with Crippen LogP contribution in [0, 0.1) is 5.41 Å². The van der Waals surface area contributed by atoms with Crippen molar-refractivity contribution in [2.24, 2.45) is 5.41 Å². The van der Waals surface area contributed by atoms with Crippen LogP contribution in [0.3, 0.4) is 0 Å². The molecule has 1 aromatic carbocycles. The van der Waals surface area contributed by atoms with E-state index in [-0.39, 0.29) is 11.3 Å². The summed E-state index contributed by atoms with van der Waals surface area (Å²) in [7, 11) is 1.63. The Balaban J connectivity index is 1.94. The van der Waals surface area contributed by atoms with Gasteiger partial charge in [-0.05, 0) is 30.5 Å². The van der Waals surface area contributed by atoms with Crippen LogP contribution in [-0.2, 0) is 16.1 Å². The molecule has 0 unspecified atom stereocenters. The summed E-state index contributed by atoms with van der Waals surface area (Å²) in [5.74, 6) is 0.0617. The molecule has 1 aliphatic rings. The monoisotopic (exact) mass is 301 g/mol. The van der Waals surface area contributed by atoms with E-state index in [1.54, 1.807) is 19.2 Å². The third-order valence-electron chi connectivity index (χ3n) is 3.65. The quantitative estimate of drug-likeness (QED) is 0.905. The number of carbonyl (C=O) groups excluding carboxylic acids is 1. The van der Waals surface area contributed by atoms with Crippen molar-refractivity contribution in [2.75, 3.05) is 13.7 Å². The van der Waals surface area contributed by atoms with Gasteiger partial charge in [0.05, 0.1) is 22.1 Å². The van der Waals surface area contributed by atoms with Gasteiger partial charge in [-0.2, -0.15) is 0 Å². The Labute approximate surface area is 123 Å². The summed E-state index contributed by atoms with van der Waals surface area (Å²) >= 11 is 11.8. The van der Waals surface area contributed by atoms with E-state index in [1.807, 2.05) is 6.07 Å². The summed E-state index contributed by atoms with van der Waals surface area (Å²) in [4.78, 5) is 12.2. The summed E-state index contributed by atoms with van der Waals surface area (Å²) in [5, 5.41) is 3.98. The molecule has 2 rings (SSSR count). The molecule has 3 nitrogen and oxygen atoms in total. The van der Waals surface area contributed by atoms with Crippen LogP contribution < -0.4 is 5.32 Å². The lowest BCUT2D eigenvalue weighted by molar-refractivity contribution is -0.140. The highest BCUT2D eigenvalue weighted by Gasteiger charge is 2.43. The van der Waals surface area contributed by atoms with Gasteiger partial charge >= 0.3 is 0 Å². The van der Waals surface area contributed by atoms with Gasteiger partial charge in [-0.15, -0.1) is 0 Å². The van der Waals surface area contributed by atoms with E-state index in [1.165, 1.54) is 0 Å². The molecule has 0 aromatic heterocycles. The van der Waals surface area contributed by atoms with Crippen molar-refractivity contribution in [3.63, 3.8) is 0 Å². The van der Waals surface area contributed by atoms with Gasteiger partial charge in [0.15, 0.2) is 0 Å². The number of carbonyl (C=O) groups is 1. The van der Waals surface area contributed by atoms with Gasteiger partial charge < -0.3 is 10.1 Å². The minimum Gasteiger partial charge on any atom is -0.384 e. The molecular weight excluding hydrogens is 285 g/mol. The lowest BCUT2D eigenvalue weighted by Crippen LogP contribution is -2.48. The van der Waals surface area contributed by atoms with E-state index in [2.05, 4.69) is 5.32 Å². The molecule has 1 amide bonds. The molecule has 1 saturated carbocycles. The molecule has 1 aromatic rings. The fourth-order valence-corrected chi connectivity index (χ4v) is 2.66. The molecule has 0 spiro atoms. The molecule has 1 N–H and O–H groups in total. The standard InChI is InChI=1S/C14H17Cl2NO2/c1-19-9-14(5-2-6-14)13(18)17-8-10-3-4-11(15)12(16)7-10/h3-4,7H,2,5-6,8-9H2,1H3,(H,17,18). The Bertz CT molecular complexity index is 473. The number of methoxy groups -OCH3 is 1. The van der Waals surface area contributed by atoms with Crippen molar-refractivity contribution in [2.45, 2.75) is 25.8 Å². The predicted molar refractivity (Wildman–Crippen MR) is 76.5 cm³/mol. The summed E-state index contributed by atoms with van der Waals surface area (Å²) in [6.07, 6.45) is 2.88. The van der Waals surface area contributed by atoms with E-state index >= 15 is 0 Å². The Morgan fingerprint density at radius 2 is 2.11 bits per heavy atom. The number of nitrogens with one attached hydrogen (secondary N) is 1. The second-order valence-electron chi connectivity index (χ2n) is 5.00. The van der Waals surface area contributed by atoms with Crippen LogP contribution in [0.2, 0.25) is 10.0 Å². The molecule has 0 bridgehead atoms. The van der Waals surface area contributed by atoms with Gasteiger partial charge in [-0.25, -0.2) is 0 Å². The molecule has 0 saturated heterocycles. The van der Waals surface area contributed by atoms with Crippen molar-refractivity contribution < 1.29 is 9.53 Å². The van der Waals surface area contributed by atoms with E-state index in [0.29, 0.717) is 23.2 Å². The number of halogens is 2. The number of hydrogen-bond donors (Lipinski definition) is 1. The second kappa shape index (κ2) is 6.12. The van der Waals surface area contributed by atoms with E-state index in [0.717, 1.165) is 24.8 Å². The van der Waals surface area contributed by atoms with Gasteiger partial charge in [0.25, 0.3) is 0 Å². The Hall–Kier alpha value is -0.770. The number of hydrogen-bond acceptors (Lipinski definition) is 2. The molecule has 1 fully saturated rings. The zero-order valence-electron chi connectivity index (χ0n) is 10.8. The Morgan fingerprint density at radius 1 is 1.37 bits per heavy atom. The summed E-state index contributed by atoms with van der Waals surface area (Å²) in [6, 6.07) is 5.37. The minimum atomic E-state index is -0.328. The van der Waals surface area contributed by atoms with Gasteiger partial charge in [-0.1, -0.05) is 35.7 Å². The third-order valence-corrected chi connectivity index (χ3v) is 4.39. The van der Waals surface area contributed by atoms with Crippen molar-refractivity contribution in [3.8, 4) is 0 Å². The van der Waals surface area contributed by atoms with E-state index < -0.39 is 0 Å². The number of benzene rings is 1. The highest BCUT2D eigenvalue weighted by atomic mass is 35.5. The SMILES string of the molecule is COCC1(C(=O)NCc2ccc(Cl)c(Cl)c2)CCC1. The first kappa shape index (κ1) is 14.6. The maximum absolute atomic E-state index is 12.2. The normalized spacial score (nSPS) is 16.8. The molecule has 19 heavy (non-hydrogen) atoms. The van der Waals surface area contributed by atoms with Crippen LogP contribution in [0.5, 0.6) is 0 Å². The highest BCUT2D eigenvalue weighted by molar-refractivity contribution is 6.42. The molecular formula is C14H17Cl2NO2. The van der Waals surface area contributed by atoms with Crippen molar-refractivity contribution in [3.05, 3.63) is 33.8 Å².